The third kappa shape index (κ3) is 7.20. The number of alkyl halides is 3. The van der Waals surface area contributed by atoms with Crippen molar-refractivity contribution in [3.8, 4) is 21.8 Å². The van der Waals surface area contributed by atoms with E-state index in [1.165, 1.54) is 47.7 Å². The SMILES string of the molecule is COCCN1CCN(Cc2cnc3sc(-c4ccccc4NC(=O)c4cccc(-c5ccccc5C(F)(F)F)n4)nc3c2)CC1. The Labute approximate surface area is 262 Å². The fourth-order valence-corrected chi connectivity index (χ4v) is 6.28. The molecule has 45 heavy (non-hydrogen) atoms. The normalized spacial score (nSPS) is 14.6. The largest absolute Gasteiger partial charge is 0.417 e. The minimum Gasteiger partial charge on any atom is -0.383 e. The predicted molar refractivity (Wildman–Crippen MR) is 169 cm³/mol. The van der Waals surface area contributed by atoms with Crippen LogP contribution in [0.2, 0.25) is 0 Å². The van der Waals surface area contributed by atoms with Crippen molar-refractivity contribution in [2.75, 3.05) is 51.8 Å². The van der Waals surface area contributed by atoms with Gasteiger partial charge in [0, 0.05) is 63.7 Å². The van der Waals surface area contributed by atoms with Crippen molar-refractivity contribution >= 4 is 33.3 Å². The number of hydrogen-bond acceptors (Lipinski definition) is 8. The first-order valence-corrected chi connectivity index (χ1v) is 15.3. The molecule has 4 heterocycles. The predicted octanol–water partition coefficient (Wildman–Crippen LogP) is 6.46. The standard InChI is InChI=1S/C33H31F3N6O2S/c1-44-18-17-41-13-15-42(16-14-41)21-22-19-29-32(37-20-22)45-31(40-29)24-8-3-5-10-27(24)39-30(43)28-12-6-11-26(38-28)23-7-2-4-9-25(23)33(34,35)36/h2-12,19-20H,13-18,21H2,1H3,(H,39,43). The van der Waals surface area contributed by atoms with E-state index in [2.05, 4.69) is 31.2 Å². The van der Waals surface area contributed by atoms with Gasteiger partial charge in [-0.2, -0.15) is 13.2 Å². The van der Waals surface area contributed by atoms with Crippen LogP contribution in [-0.4, -0.2) is 77.1 Å². The van der Waals surface area contributed by atoms with Gasteiger partial charge in [0.05, 0.1) is 23.6 Å². The fourth-order valence-electron chi connectivity index (χ4n) is 5.35. The Bertz CT molecular complexity index is 1800. The van der Waals surface area contributed by atoms with Gasteiger partial charge in [0.1, 0.15) is 21.0 Å². The molecule has 5 aromatic rings. The zero-order valence-electron chi connectivity index (χ0n) is 24.6. The third-order valence-corrected chi connectivity index (χ3v) is 8.70. The summed E-state index contributed by atoms with van der Waals surface area (Å²) >= 11 is 1.43. The highest BCUT2D eigenvalue weighted by Crippen LogP contribution is 2.37. The number of pyridine rings is 2. The average molecular weight is 633 g/mol. The molecule has 0 aliphatic carbocycles. The molecule has 3 aromatic heterocycles. The van der Waals surface area contributed by atoms with Gasteiger partial charge in [-0.05, 0) is 42.0 Å². The lowest BCUT2D eigenvalue weighted by molar-refractivity contribution is -0.137. The van der Waals surface area contributed by atoms with Gasteiger partial charge in [0.25, 0.3) is 5.91 Å². The Kier molecular flexibility index (Phi) is 9.17. The van der Waals surface area contributed by atoms with Crippen LogP contribution in [0.4, 0.5) is 18.9 Å². The topological polar surface area (TPSA) is 83.5 Å². The summed E-state index contributed by atoms with van der Waals surface area (Å²) < 4.78 is 46.0. The van der Waals surface area contributed by atoms with E-state index in [1.807, 2.05) is 18.3 Å². The molecule has 2 aromatic carbocycles. The number of amides is 1. The molecule has 12 heteroatoms. The molecule has 8 nitrogen and oxygen atoms in total. The third-order valence-electron chi connectivity index (χ3n) is 7.68. The highest BCUT2D eigenvalue weighted by Gasteiger charge is 2.33. The van der Waals surface area contributed by atoms with E-state index in [0.29, 0.717) is 16.3 Å². The molecule has 1 fully saturated rings. The highest BCUT2D eigenvalue weighted by molar-refractivity contribution is 7.21. The van der Waals surface area contributed by atoms with E-state index in [4.69, 9.17) is 9.72 Å². The molecule has 1 aliphatic heterocycles. The van der Waals surface area contributed by atoms with Gasteiger partial charge in [-0.3, -0.25) is 14.6 Å². The molecule has 6 rings (SSSR count). The van der Waals surface area contributed by atoms with Crippen LogP contribution in [0.3, 0.4) is 0 Å². The van der Waals surface area contributed by atoms with Gasteiger partial charge in [0.2, 0.25) is 0 Å². The molecule has 1 N–H and O–H groups in total. The second kappa shape index (κ2) is 13.4. The van der Waals surface area contributed by atoms with Crippen LogP contribution in [0.1, 0.15) is 21.6 Å². The number of piperazine rings is 1. The number of rotatable bonds is 9. The molecule has 1 saturated heterocycles. The number of benzene rings is 2. The molecular weight excluding hydrogens is 601 g/mol. The van der Waals surface area contributed by atoms with Crippen LogP contribution in [0.5, 0.6) is 0 Å². The lowest BCUT2D eigenvalue weighted by Gasteiger charge is -2.34. The van der Waals surface area contributed by atoms with Gasteiger partial charge >= 0.3 is 6.18 Å². The van der Waals surface area contributed by atoms with Crippen molar-refractivity contribution in [2.24, 2.45) is 0 Å². The van der Waals surface area contributed by atoms with Crippen LogP contribution in [0.15, 0.2) is 79.0 Å². The Hall–Kier alpha value is -4.23. The number of hydrogen-bond donors (Lipinski definition) is 1. The number of aromatic nitrogens is 3. The first-order chi connectivity index (χ1) is 21.8. The average Bonchev–Trinajstić information content (AvgIpc) is 3.48. The smallest absolute Gasteiger partial charge is 0.383 e. The first-order valence-electron chi connectivity index (χ1n) is 14.5. The van der Waals surface area contributed by atoms with Crippen molar-refractivity contribution in [1.82, 2.24) is 24.8 Å². The monoisotopic (exact) mass is 632 g/mol. The number of anilines is 1. The van der Waals surface area contributed by atoms with Crippen molar-refractivity contribution in [3.05, 3.63) is 95.8 Å². The van der Waals surface area contributed by atoms with Crippen molar-refractivity contribution in [1.29, 1.82) is 0 Å². The van der Waals surface area contributed by atoms with E-state index in [9.17, 15) is 18.0 Å². The lowest BCUT2D eigenvalue weighted by Crippen LogP contribution is -2.46. The van der Waals surface area contributed by atoms with Crippen molar-refractivity contribution < 1.29 is 22.7 Å². The number of nitrogens with zero attached hydrogens (tertiary/aromatic N) is 5. The molecule has 0 bridgehead atoms. The molecule has 1 aliphatic rings. The molecule has 0 spiro atoms. The summed E-state index contributed by atoms with van der Waals surface area (Å²) in [6.45, 7) is 6.43. The summed E-state index contributed by atoms with van der Waals surface area (Å²) in [4.78, 5) is 32.7. The van der Waals surface area contributed by atoms with Gasteiger partial charge in [0.15, 0.2) is 0 Å². The van der Waals surface area contributed by atoms with E-state index >= 15 is 0 Å². The number of methoxy groups -OCH3 is 1. The number of para-hydroxylation sites is 1. The zero-order chi connectivity index (χ0) is 31.4. The molecule has 0 atom stereocenters. The fraction of sp³-hybridized carbons (Fsp3) is 0.273. The van der Waals surface area contributed by atoms with E-state index in [0.717, 1.165) is 67.9 Å². The van der Waals surface area contributed by atoms with Gasteiger partial charge in [-0.1, -0.05) is 47.7 Å². The Balaban J connectivity index is 1.19. The van der Waals surface area contributed by atoms with E-state index in [1.54, 1.807) is 19.2 Å². The zero-order valence-corrected chi connectivity index (χ0v) is 25.4. The summed E-state index contributed by atoms with van der Waals surface area (Å²) in [6.07, 6.45) is -2.66. The number of halogens is 3. The molecule has 0 saturated carbocycles. The lowest BCUT2D eigenvalue weighted by atomic mass is 10.0. The number of thiazole rings is 1. The maximum atomic E-state index is 13.6. The number of carbonyl (C=O) groups is 1. The van der Waals surface area contributed by atoms with E-state index < -0.39 is 17.6 Å². The Morgan fingerprint density at radius 2 is 1.67 bits per heavy atom. The Morgan fingerprint density at radius 1 is 0.933 bits per heavy atom. The van der Waals surface area contributed by atoms with Crippen LogP contribution in [0, 0.1) is 0 Å². The van der Waals surface area contributed by atoms with Crippen LogP contribution < -0.4 is 5.32 Å². The quantitative estimate of drug-likeness (QED) is 0.200. The Morgan fingerprint density at radius 3 is 2.44 bits per heavy atom. The number of ether oxygens (including phenoxy) is 1. The van der Waals surface area contributed by atoms with Gasteiger partial charge in [-0.15, -0.1) is 0 Å². The maximum Gasteiger partial charge on any atom is 0.417 e. The van der Waals surface area contributed by atoms with Crippen LogP contribution in [0.25, 0.3) is 32.2 Å². The molecule has 0 radical (unpaired) electrons. The molecule has 1 amide bonds. The number of nitrogens with one attached hydrogen (secondary N) is 1. The molecular formula is C33H31F3N6O2S. The number of fused-ring (bicyclic) bond motifs is 1. The second-order valence-electron chi connectivity index (χ2n) is 10.7. The summed E-state index contributed by atoms with van der Waals surface area (Å²) in [5, 5.41) is 3.57. The first kappa shape index (κ1) is 30.8. The maximum absolute atomic E-state index is 13.6. The minimum absolute atomic E-state index is 0.00517. The van der Waals surface area contributed by atoms with Gasteiger partial charge < -0.3 is 10.1 Å². The minimum atomic E-state index is -4.55. The van der Waals surface area contributed by atoms with Crippen molar-refractivity contribution in [2.45, 2.75) is 12.7 Å². The second-order valence-corrected chi connectivity index (χ2v) is 11.7. The summed E-state index contributed by atoms with van der Waals surface area (Å²) in [5.41, 5.74) is 2.24. The molecule has 0 unspecified atom stereocenters. The van der Waals surface area contributed by atoms with Crippen LogP contribution >= 0.6 is 11.3 Å². The van der Waals surface area contributed by atoms with Crippen LogP contribution in [-0.2, 0) is 17.5 Å². The van der Waals surface area contributed by atoms with Crippen molar-refractivity contribution in [3.63, 3.8) is 0 Å². The van der Waals surface area contributed by atoms with E-state index in [-0.39, 0.29) is 17.0 Å². The summed E-state index contributed by atoms with van der Waals surface area (Å²) in [7, 11) is 1.72. The summed E-state index contributed by atoms with van der Waals surface area (Å²) in [6, 6.07) is 19.0. The number of carbonyl (C=O) groups excluding carboxylic acids is 1. The molecule has 232 valence electrons. The summed E-state index contributed by atoms with van der Waals surface area (Å²) in [5.74, 6) is -0.544. The van der Waals surface area contributed by atoms with Gasteiger partial charge in [-0.25, -0.2) is 15.0 Å². The highest BCUT2D eigenvalue weighted by atomic mass is 32.1.